The lowest BCUT2D eigenvalue weighted by Gasteiger charge is -2.04. The van der Waals surface area contributed by atoms with E-state index in [9.17, 15) is 0 Å². The van der Waals surface area contributed by atoms with Crippen molar-refractivity contribution in [2.45, 2.75) is 6.42 Å². The van der Waals surface area contributed by atoms with Gasteiger partial charge >= 0.3 is 0 Å². The Bertz CT molecular complexity index is 1110. The Morgan fingerprint density at radius 1 is 0.920 bits per heavy atom. The summed E-state index contributed by atoms with van der Waals surface area (Å²) in [7, 11) is 0. The van der Waals surface area contributed by atoms with Crippen LogP contribution in [0.15, 0.2) is 60.0 Å². The predicted octanol–water partition coefficient (Wildman–Crippen LogP) is 5.25. The number of hydrogen-bond acceptors (Lipinski definition) is 3. The van der Waals surface area contributed by atoms with E-state index >= 15 is 0 Å². The highest BCUT2D eigenvalue weighted by molar-refractivity contribution is 7.10. The zero-order valence-electron chi connectivity index (χ0n) is 13.3. The van der Waals surface area contributed by atoms with Crippen molar-refractivity contribution >= 4 is 11.3 Å². The van der Waals surface area contributed by atoms with E-state index in [1.54, 1.807) is 0 Å². The van der Waals surface area contributed by atoms with Crippen molar-refractivity contribution in [3.05, 3.63) is 76.0 Å². The molecule has 5 rings (SSSR count). The molecule has 4 aromatic rings. The van der Waals surface area contributed by atoms with Crippen LogP contribution in [0.4, 0.5) is 0 Å². The molecular formula is C21H13N3S. The van der Waals surface area contributed by atoms with E-state index in [1.807, 2.05) is 35.6 Å². The summed E-state index contributed by atoms with van der Waals surface area (Å²) in [6.45, 7) is 0. The monoisotopic (exact) mass is 339 g/mol. The van der Waals surface area contributed by atoms with Crippen LogP contribution in [-0.4, -0.2) is 10.2 Å². The molecule has 0 bridgehead atoms. The summed E-state index contributed by atoms with van der Waals surface area (Å²) in [5, 5.41) is 18.8. The van der Waals surface area contributed by atoms with Gasteiger partial charge in [0.05, 0.1) is 23.0 Å². The van der Waals surface area contributed by atoms with Crippen molar-refractivity contribution in [2.24, 2.45) is 0 Å². The van der Waals surface area contributed by atoms with Crippen LogP contribution in [0.3, 0.4) is 0 Å². The molecule has 0 aliphatic heterocycles. The standard InChI is InChI=1S/C21H13N3S/c22-12-13-1-3-14(4-2-13)15-5-7-16(8-6-15)20-18-11-19-17(9-10-25-19)21(18)24-23-20/h1-10H,11H2,(H,23,24). The van der Waals surface area contributed by atoms with Crippen molar-refractivity contribution in [2.75, 3.05) is 0 Å². The van der Waals surface area contributed by atoms with Crippen molar-refractivity contribution < 1.29 is 0 Å². The van der Waals surface area contributed by atoms with Crippen molar-refractivity contribution in [1.82, 2.24) is 10.2 Å². The Balaban J connectivity index is 1.49. The van der Waals surface area contributed by atoms with Crippen LogP contribution in [-0.2, 0) is 6.42 Å². The smallest absolute Gasteiger partial charge is 0.0991 e. The van der Waals surface area contributed by atoms with Gasteiger partial charge < -0.3 is 0 Å². The second kappa shape index (κ2) is 5.44. The molecule has 1 N–H and O–H groups in total. The van der Waals surface area contributed by atoms with Gasteiger partial charge in [-0.05, 0) is 34.7 Å². The molecule has 118 valence electrons. The van der Waals surface area contributed by atoms with Gasteiger partial charge in [-0.1, -0.05) is 36.4 Å². The number of nitrogens with zero attached hydrogens (tertiary/aromatic N) is 2. The Hall–Kier alpha value is -3.16. The maximum absolute atomic E-state index is 8.91. The summed E-state index contributed by atoms with van der Waals surface area (Å²) < 4.78 is 0. The molecule has 0 saturated carbocycles. The normalized spacial score (nSPS) is 11.8. The molecule has 0 spiro atoms. The first-order valence-electron chi connectivity index (χ1n) is 8.08. The van der Waals surface area contributed by atoms with Gasteiger partial charge in [-0.3, -0.25) is 5.10 Å². The number of nitrogens with one attached hydrogen (secondary N) is 1. The lowest BCUT2D eigenvalue weighted by molar-refractivity contribution is 1.10. The summed E-state index contributed by atoms with van der Waals surface area (Å²) in [4.78, 5) is 1.42. The van der Waals surface area contributed by atoms with Crippen molar-refractivity contribution in [3.63, 3.8) is 0 Å². The maximum atomic E-state index is 8.91. The van der Waals surface area contributed by atoms with Gasteiger partial charge in [-0.2, -0.15) is 10.4 Å². The van der Waals surface area contributed by atoms with Gasteiger partial charge in [0.15, 0.2) is 0 Å². The zero-order valence-corrected chi connectivity index (χ0v) is 14.1. The van der Waals surface area contributed by atoms with Crippen LogP contribution in [0.5, 0.6) is 0 Å². The minimum atomic E-state index is 0.680. The number of H-pyrrole nitrogens is 1. The number of aromatic amines is 1. The third-order valence-electron chi connectivity index (χ3n) is 4.72. The molecule has 0 atom stereocenters. The van der Waals surface area contributed by atoms with Gasteiger partial charge in [0.1, 0.15) is 0 Å². The minimum Gasteiger partial charge on any atom is -0.277 e. The van der Waals surface area contributed by atoms with E-state index in [0.29, 0.717) is 5.56 Å². The Kier molecular flexibility index (Phi) is 3.09. The van der Waals surface area contributed by atoms with E-state index in [-0.39, 0.29) is 0 Å². The first-order valence-corrected chi connectivity index (χ1v) is 8.96. The summed E-state index contributed by atoms with van der Waals surface area (Å²) in [6, 6.07) is 20.5. The molecule has 0 unspecified atom stereocenters. The van der Waals surface area contributed by atoms with Crippen LogP contribution in [0.25, 0.3) is 33.6 Å². The topological polar surface area (TPSA) is 52.5 Å². The summed E-state index contributed by atoms with van der Waals surface area (Å²) in [5.41, 5.74) is 8.87. The van der Waals surface area contributed by atoms with Gasteiger partial charge in [0.2, 0.25) is 0 Å². The van der Waals surface area contributed by atoms with E-state index in [2.05, 4.69) is 52.0 Å². The molecule has 0 amide bonds. The highest BCUT2D eigenvalue weighted by Gasteiger charge is 2.25. The maximum Gasteiger partial charge on any atom is 0.0991 e. The number of fused-ring (bicyclic) bond motifs is 3. The fraction of sp³-hybridized carbons (Fsp3) is 0.0476. The van der Waals surface area contributed by atoms with Gasteiger partial charge in [-0.15, -0.1) is 11.3 Å². The SMILES string of the molecule is N#Cc1ccc(-c2ccc(-c3n[nH]c4c3Cc3sccc3-4)cc2)cc1. The first kappa shape index (κ1) is 14.2. The molecule has 1 aliphatic rings. The molecule has 0 radical (unpaired) electrons. The molecular weight excluding hydrogens is 326 g/mol. The average molecular weight is 339 g/mol. The largest absolute Gasteiger partial charge is 0.277 e. The summed E-state index contributed by atoms with van der Waals surface area (Å²) in [6.07, 6.45) is 0.964. The third-order valence-corrected chi connectivity index (χ3v) is 5.65. The number of benzene rings is 2. The molecule has 0 fully saturated rings. The first-order chi connectivity index (χ1) is 12.3. The number of nitriles is 1. The fourth-order valence-electron chi connectivity index (χ4n) is 3.42. The quantitative estimate of drug-likeness (QED) is 0.478. The number of aromatic nitrogens is 2. The minimum absolute atomic E-state index is 0.680. The van der Waals surface area contributed by atoms with Crippen molar-refractivity contribution in [1.29, 1.82) is 5.26 Å². The molecule has 2 aromatic carbocycles. The van der Waals surface area contributed by atoms with E-state index in [4.69, 9.17) is 5.26 Å². The number of rotatable bonds is 2. The highest BCUT2D eigenvalue weighted by atomic mass is 32.1. The van der Waals surface area contributed by atoms with Crippen LogP contribution in [0.2, 0.25) is 0 Å². The predicted molar refractivity (Wildman–Crippen MR) is 100 cm³/mol. The zero-order chi connectivity index (χ0) is 16.8. The second-order valence-electron chi connectivity index (χ2n) is 6.13. The third kappa shape index (κ3) is 2.21. The molecule has 2 heterocycles. The van der Waals surface area contributed by atoms with E-state index < -0.39 is 0 Å². The lowest BCUT2D eigenvalue weighted by Crippen LogP contribution is -1.86. The number of hydrogen-bond donors (Lipinski definition) is 1. The summed E-state index contributed by atoms with van der Waals surface area (Å²) >= 11 is 1.81. The number of thiophene rings is 1. The Morgan fingerprint density at radius 3 is 2.32 bits per heavy atom. The molecule has 2 aromatic heterocycles. The molecule has 25 heavy (non-hydrogen) atoms. The summed E-state index contributed by atoms with van der Waals surface area (Å²) in [5.74, 6) is 0. The molecule has 3 nitrogen and oxygen atoms in total. The van der Waals surface area contributed by atoms with Crippen LogP contribution in [0, 0.1) is 11.3 Å². The van der Waals surface area contributed by atoms with Crippen LogP contribution < -0.4 is 0 Å². The highest BCUT2D eigenvalue weighted by Crippen LogP contribution is 2.42. The van der Waals surface area contributed by atoms with E-state index in [0.717, 1.165) is 28.8 Å². The van der Waals surface area contributed by atoms with Crippen molar-refractivity contribution in [3.8, 4) is 39.7 Å². The van der Waals surface area contributed by atoms with Crippen LogP contribution >= 0.6 is 11.3 Å². The Labute approximate surface area is 149 Å². The Morgan fingerprint density at radius 2 is 1.60 bits per heavy atom. The van der Waals surface area contributed by atoms with Gasteiger partial charge in [-0.25, -0.2) is 0 Å². The van der Waals surface area contributed by atoms with E-state index in [1.165, 1.54) is 21.7 Å². The fourth-order valence-corrected chi connectivity index (χ4v) is 4.31. The molecule has 4 heteroatoms. The van der Waals surface area contributed by atoms with Gasteiger partial charge in [0.25, 0.3) is 0 Å². The molecule has 0 saturated heterocycles. The van der Waals surface area contributed by atoms with Crippen LogP contribution in [0.1, 0.15) is 16.0 Å². The lowest BCUT2D eigenvalue weighted by atomic mass is 10.00. The molecule has 1 aliphatic carbocycles. The second-order valence-corrected chi connectivity index (χ2v) is 7.13. The average Bonchev–Trinajstić information content (AvgIpc) is 3.35. The van der Waals surface area contributed by atoms with Gasteiger partial charge in [0, 0.05) is 28.0 Å².